The topological polar surface area (TPSA) is 84.7 Å². The Kier molecular flexibility index (Phi) is 5.62. The summed E-state index contributed by atoms with van der Waals surface area (Å²) in [5, 5.41) is 2.94. The van der Waals surface area contributed by atoms with E-state index in [2.05, 4.69) is 5.32 Å². The number of hydrogen-bond acceptors (Lipinski definition) is 4. The zero-order chi connectivity index (χ0) is 15.6. The summed E-state index contributed by atoms with van der Waals surface area (Å²) >= 11 is 0. The molecule has 0 saturated carbocycles. The van der Waals surface area contributed by atoms with E-state index in [1.54, 1.807) is 4.90 Å². The number of nitrogens with zero attached hydrogens (tertiary/aromatic N) is 1. The molecule has 1 unspecified atom stereocenters. The number of halogens is 1. The molecule has 1 aromatic carbocycles. The number of para-hydroxylation sites is 1. The monoisotopic (exact) mass is 339 g/mol. The maximum Gasteiger partial charge on any atom is 0.240 e. The zero-order valence-corrected chi connectivity index (χ0v) is 13.7. The SMILES string of the molecule is Cl.NC1(C(=O)NC2CC(=O)N(c3ccccc3)C2)CCOCC1. The molecule has 7 heteroatoms. The van der Waals surface area contributed by atoms with E-state index in [1.165, 1.54) is 0 Å². The Bertz CT molecular complexity index is 561. The minimum atomic E-state index is -0.874. The predicted octanol–water partition coefficient (Wildman–Crippen LogP) is 0.838. The third-order valence-corrected chi connectivity index (χ3v) is 4.37. The Morgan fingerprint density at radius 2 is 1.91 bits per heavy atom. The van der Waals surface area contributed by atoms with Crippen molar-refractivity contribution in [1.82, 2.24) is 5.32 Å². The third kappa shape index (κ3) is 3.83. The first-order chi connectivity index (χ1) is 10.6. The second kappa shape index (κ2) is 7.29. The molecule has 3 rings (SSSR count). The quantitative estimate of drug-likeness (QED) is 0.854. The van der Waals surface area contributed by atoms with Gasteiger partial charge in [-0.3, -0.25) is 9.59 Å². The number of nitrogens with one attached hydrogen (secondary N) is 1. The molecule has 3 N–H and O–H groups in total. The lowest BCUT2D eigenvalue weighted by Gasteiger charge is -2.32. The van der Waals surface area contributed by atoms with Gasteiger partial charge in [0.15, 0.2) is 0 Å². The van der Waals surface area contributed by atoms with Crippen LogP contribution in [0.25, 0.3) is 0 Å². The molecule has 23 heavy (non-hydrogen) atoms. The minimum Gasteiger partial charge on any atom is -0.381 e. The average molecular weight is 340 g/mol. The van der Waals surface area contributed by atoms with Crippen LogP contribution in [0.15, 0.2) is 30.3 Å². The first kappa shape index (κ1) is 17.7. The fourth-order valence-corrected chi connectivity index (χ4v) is 2.95. The van der Waals surface area contributed by atoms with E-state index in [-0.39, 0.29) is 30.3 Å². The minimum absolute atomic E-state index is 0. The summed E-state index contributed by atoms with van der Waals surface area (Å²) in [7, 11) is 0. The molecule has 2 aliphatic rings. The highest BCUT2D eigenvalue weighted by atomic mass is 35.5. The van der Waals surface area contributed by atoms with Crippen molar-refractivity contribution in [2.75, 3.05) is 24.7 Å². The summed E-state index contributed by atoms with van der Waals surface area (Å²) in [5.74, 6) is -0.155. The highest BCUT2D eigenvalue weighted by Crippen LogP contribution is 2.23. The third-order valence-electron chi connectivity index (χ3n) is 4.37. The van der Waals surface area contributed by atoms with Crippen molar-refractivity contribution in [2.24, 2.45) is 5.73 Å². The fourth-order valence-electron chi connectivity index (χ4n) is 2.95. The molecular formula is C16H22ClN3O3. The van der Waals surface area contributed by atoms with Gasteiger partial charge < -0.3 is 20.7 Å². The van der Waals surface area contributed by atoms with Crippen LogP contribution in [0.3, 0.4) is 0 Å². The lowest BCUT2D eigenvalue weighted by molar-refractivity contribution is -0.130. The number of benzene rings is 1. The molecule has 0 bridgehead atoms. The maximum atomic E-state index is 12.4. The van der Waals surface area contributed by atoms with Gasteiger partial charge in [0.25, 0.3) is 0 Å². The molecule has 2 saturated heterocycles. The van der Waals surface area contributed by atoms with E-state index in [4.69, 9.17) is 10.5 Å². The van der Waals surface area contributed by atoms with Crippen molar-refractivity contribution in [1.29, 1.82) is 0 Å². The fraction of sp³-hybridized carbons (Fsp3) is 0.500. The Hall–Kier alpha value is -1.63. The number of hydrogen-bond donors (Lipinski definition) is 2. The number of anilines is 1. The summed E-state index contributed by atoms with van der Waals surface area (Å²) in [5.41, 5.74) is 6.16. The van der Waals surface area contributed by atoms with Crippen molar-refractivity contribution >= 4 is 29.9 Å². The molecule has 126 valence electrons. The molecule has 0 spiro atoms. The van der Waals surface area contributed by atoms with Gasteiger partial charge in [-0.05, 0) is 25.0 Å². The van der Waals surface area contributed by atoms with Gasteiger partial charge >= 0.3 is 0 Å². The van der Waals surface area contributed by atoms with Gasteiger partial charge in [-0.2, -0.15) is 0 Å². The molecule has 2 fully saturated rings. The molecule has 1 atom stereocenters. The Morgan fingerprint density at radius 3 is 2.57 bits per heavy atom. The van der Waals surface area contributed by atoms with Gasteiger partial charge in [0.1, 0.15) is 0 Å². The highest BCUT2D eigenvalue weighted by Gasteiger charge is 2.39. The van der Waals surface area contributed by atoms with Gasteiger partial charge in [-0.1, -0.05) is 18.2 Å². The van der Waals surface area contributed by atoms with Crippen LogP contribution in [0.4, 0.5) is 5.69 Å². The molecule has 0 aromatic heterocycles. The number of amides is 2. The van der Waals surface area contributed by atoms with Crippen LogP contribution in [-0.2, 0) is 14.3 Å². The largest absolute Gasteiger partial charge is 0.381 e. The first-order valence-corrected chi connectivity index (χ1v) is 7.61. The summed E-state index contributed by atoms with van der Waals surface area (Å²) in [6, 6.07) is 9.29. The molecule has 2 heterocycles. The van der Waals surface area contributed by atoms with Crippen molar-refractivity contribution in [3.63, 3.8) is 0 Å². The van der Waals surface area contributed by atoms with E-state index >= 15 is 0 Å². The van der Waals surface area contributed by atoms with Crippen molar-refractivity contribution in [3.05, 3.63) is 30.3 Å². The number of rotatable bonds is 3. The Morgan fingerprint density at radius 1 is 1.26 bits per heavy atom. The van der Waals surface area contributed by atoms with Crippen LogP contribution in [-0.4, -0.2) is 43.2 Å². The second-order valence-electron chi connectivity index (χ2n) is 5.98. The lowest BCUT2D eigenvalue weighted by Crippen LogP contribution is -2.59. The van der Waals surface area contributed by atoms with Crippen LogP contribution in [0.2, 0.25) is 0 Å². The molecule has 1 aromatic rings. The van der Waals surface area contributed by atoms with E-state index in [0.717, 1.165) is 5.69 Å². The average Bonchev–Trinajstić information content (AvgIpc) is 2.89. The van der Waals surface area contributed by atoms with E-state index in [9.17, 15) is 9.59 Å². The standard InChI is InChI=1S/C16H21N3O3.ClH/c17-16(6-8-22-9-7-16)15(21)18-12-10-14(20)19(11-12)13-4-2-1-3-5-13;/h1-5,12H,6-11,17H2,(H,18,21);1H. The van der Waals surface area contributed by atoms with Crippen molar-refractivity contribution in [3.8, 4) is 0 Å². The normalized spacial score (nSPS) is 23.3. The predicted molar refractivity (Wildman–Crippen MR) is 89.6 cm³/mol. The summed E-state index contributed by atoms with van der Waals surface area (Å²) in [4.78, 5) is 26.3. The maximum absolute atomic E-state index is 12.4. The second-order valence-corrected chi connectivity index (χ2v) is 5.98. The molecular weight excluding hydrogens is 318 g/mol. The zero-order valence-electron chi connectivity index (χ0n) is 12.9. The van der Waals surface area contributed by atoms with Crippen LogP contribution in [0.1, 0.15) is 19.3 Å². The van der Waals surface area contributed by atoms with Crippen LogP contribution < -0.4 is 16.0 Å². The van der Waals surface area contributed by atoms with Gasteiger partial charge in [0, 0.05) is 31.9 Å². The first-order valence-electron chi connectivity index (χ1n) is 7.61. The van der Waals surface area contributed by atoms with Crippen LogP contribution in [0, 0.1) is 0 Å². The smallest absolute Gasteiger partial charge is 0.240 e. The van der Waals surface area contributed by atoms with Gasteiger partial charge in [0.05, 0.1) is 11.6 Å². The van der Waals surface area contributed by atoms with E-state index in [1.807, 2.05) is 30.3 Å². The number of nitrogens with two attached hydrogens (primary N) is 1. The van der Waals surface area contributed by atoms with E-state index in [0.29, 0.717) is 39.0 Å². The van der Waals surface area contributed by atoms with Gasteiger partial charge in [0.2, 0.25) is 11.8 Å². The molecule has 0 radical (unpaired) electrons. The molecule has 0 aliphatic carbocycles. The Labute approximate surface area is 141 Å². The molecule has 2 aliphatic heterocycles. The summed E-state index contributed by atoms with van der Waals surface area (Å²) in [6.45, 7) is 1.49. The molecule has 6 nitrogen and oxygen atoms in total. The van der Waals surface area contributed by atoms with Crippen LogP contribution >= 0.6 is 12.4 Å². The van der Waals surface area contributed by atoms with Crippen molar-refractivity contribution < 1.29 is 14.3 Å². The van der Waals surface area contributed by atoms with Gasteiger partial charge in [-0.25, -0.2) is 0 Å². The lowest BCUT2D eigenvalue weighted by atomic mass is 9.90. The summed E-state index contributed by atoms with van der Waals surface area (Å²) < 4.78 is 5.25. The van der Waals surface area contributed by atoms with Gasteiger partial charge in [-0.15, -0.1) is 12.4 Å². The number of ether oxygens (including phenoxy) is 1. The Balaban J connectivity index is 0.00000192. The number of carbonyl (C=O) groups is 2. The highest BCUT2D eigenvalue weighted by molar-refractivity contribution is 5.97. The summed E-state index contributed by atoms with van der Waals surface area (Å²) in [6.07, 6.45) is 1.34. The van der Waals surface area contributed by atoms with Crippen LogP contribution in [0.5, 0.6) is 0 Å². The molecule has 2 amide bonds. The van der Waals surface area contributed by atoms with E-state index < -0.39 is 5.54 Å². The van der Waals surface area contributed by atoms with Crippen molar-refractivity contribution in [2.45, 2.75) is 30.8 Å². The number of carbonyl (C=O) groups excluding carboxylic acids is 2.